The SMILES string of the molecule is CCCCC=C(CCCCC)c1ccc(OC)cc1. The standard InChI is InChI=1S/C18H28O/c1-4-6-8-10-16(11-9-7-5-2)17-12-14-18(19-3)15-13-17/h10,12-15H,4-9,11H2,1-3H3. The zero-order valence-electron chi connectivity index (χ0n) is 12.7. The Bertz CT molecular complexity index is 362. The molecule has 0 atom stereocenters. The fourth-order valence-electron chi connectivity index (χ4n) is 2.22. The fraction of sp³-hybridized carbons (Fsp3) is 0.556. The van der Waals surface area contributed by atoms with Crippen LogP contribution in [0.15, 0.2) is 30.3 Å². The van der Waals surface area contributed by atoms with Crippen molar-refractivity contribution < 1.29 is 4.74 Å². The summed E-state index contributed by atoms with van der Waals surface area (Å²) in [5.41, 5.74) is 2.86. The molecular formula is C18H28O. The lowest BCUT2D eigenvalue weighted by Gasteiger charge is -2.09. The van der Waals surface area contributed by atoms with Gasteiger partial charge < -0.3 is 4.74 Å². The normalized spacial score (nSPS) is 11.6. The van der Waals surface area contributed by atoms with Crippen molar-refractivity contribution in [2.45, 2.75) is 58.8 Å². The van der Waals surface area contributed by atoms with Gasteiger partial charge in [0.2, 0.25) is 0 Å². The quantitative estimate of drug-likeness (QED) is 0.506. The molecule has 0 N–H and O–H groups in total. The van der Waals surface area contributed by atoms with Crippen LogP contribution in [0.25, 0.3) is 5.57 Å². The van der Waals surface area contributed by atoms with E-state index in [1.165, 1.54) is 56.1 Å². The van der Waals surface area contributed by atoms with Crippen LogP contribution in [-0.2, 0) is 0 Å². The lowest BCUT2D eigenvalue weighted by molar-refractivity contribution is 0.415. The minimum Gasteiger partial charge on any atom is -0.497 e. The molecule has 0 fully saturated rings. The second-order valence-corrected chi connectivity index (χ2v) is 5.06. The average Bonchev–Trinajstić information content (AvgIpc) is 2.46. The molecule has 0 aromatic heterocycles. The molecule has 0 aliphatic carbocycles. The van der Waals surface area contributed by atoms with Crippen molar-refractivity contribution in [1.82, 2.24) is 0 Å². The maximum absolute atomic E-state index is 5.23. The number of rotatable bonds is 9. The minimum absolute atomic E-state index is 0.935. The highest BCUT2D eigenvalue weighted by Crippen LogP contribution is 2.24. The second-order valence-electron chi connectivity index (χ2n) is 5.06. The van der Waals surface area contributed by atoms with Gasteiger partial charge in [-0.2, -0.15) is 0 Å². The van der Waals surface area contributed by atoms with Gasteiger partial charge in [-0.05, 0) is 42.5 Å². The number of allylic oxidation sites excluding steroid dienone is 2. The molecule has 1 aromatic rings. The zero-order valence-corrected chi connectivity index (χ0v) is 12.7. The van der Waals surface area contributed by atoms with Crippen LogP contribution >= 0.6 is 0 Å². The Balaban J connectivity index is 2.72. The Morgan fingerprint density at radius 3 is 2.26 bits per heavy atom. The summed E-state index contributed by atoms with van der Waals surface area (Å²) in [4.78, 5) is 0. The van der Waals surface area contributed by atoms with Crippen LogP contribution in [0, 0.1) is 0 Å². The summed E-state index contributed by atoms with van der Waals surface area (Å²) in [5, 5.41) is 0. The zero-order chi connectivity index (χ0) is 13.9. The van der Waals surface area contributed by atoms with E-state index in [0.29, 0.717) is 0 Å². The lowest BCUT2D eigenvalue weighted by Crippen LogP contribution is -1.88. The molecule has 0 spiro atoms. The van der Waals surface area contributed by atoms with Crippen LogP contribution in [0.5, 0.6) is 5.75 Å². The smallest absolute Gasteiger partial charge is 0.118 e. The highest BCUT2D eigenvalue weighted by molar-refractivity contribution is 5.66. The maximum atomic E-state index is 5.23. The Hall–Kier alpha value is -1.24. The van der Waals surface area contributed by atoms with Crippen molar-refractivity contribution >= 4 is 5.57 Å². The van der Waals surface area contributed by atoms with E-state index in [1.54, 1.807) is 7.11 Å². The summed E-state index contributed by atoms with van der Waals surface area (Å²) in [5.74, 6) is 0.935. The largest absolute Gasteiger partial charge is 0.497 e. The Morgan fingerprint density at radius 1 is 1.00 bits per heavy atom. The molecule has 106 valence electrons. The van der Waals surface area contributed by atoms with Crippen LogP contribution in [-0.4, -0.2) is 7.11 Å². The Kier molecular flexibility index (Phi) is 8.04. The van der Waals surface area contributed by atoms with Crippen LogP contribution in [0.4, 0.5) is 0 Å². The molecule has 0 bridgehead atoms. The lowest BCUT2D eigenvalue weighted by atomic mass is 9.98. The summed E-state index contributed by atoms with van der Waals surface area (Å²) in [6.45, 7) is 4.51. The third-order valence-electron chi connectivity index (χ3n) is 3.46. The first kappa shape index (κ1) is 15.8. The van der Waals surface area contributed by atoms with Crippen molar-refractivity contribution in [2.75, 3.05) is 7.11 Å². The fourth-order valence-corrected chi connectivity index (χ4v) is 2.22. The number of benzene rings is 1. The first-order chi connectivity index (χ1) is 9.31. The summed E-state index contributed by atoms with van der Waals surface area (Å²) < 4.78 is 5.23. The maximum Gasteiger partial charge on any atom is 0.118 e. The highest BCUT2D eigenvalue weighted by Gasteiger charge is 2.02. The van der Waals surface area contributed by atoms with Gasteiger partial charge in [-0.15, -0.1) is 0 Å². The van der Waals surface area contributed by atoms with Gasteiger partial charge in [-0.1, -0.05) is 57.7 Å². The van der Waals surface area contributed by atoms with Crippen molar-refractivity contribution in [3.05, 3.63) is 35.9 Å². The van der Waals surface area contributed by atoms with Gasteiger partial charge in [0.15, 0.2) is 0 Å². The average molecular weight is 260 g/mol. The molecule has 0 heterocycles. The highest BCUT2D eigenvalue weighted by atomic mass is 16.5. The number of ether oxygens (including phenoxy) is 1. The van der Waals surface area contributed by atoms with E-state index in [-0.39, 0.29) is 0 Å². The number of methoxy groups -OCH3 is 1. The van der Waals surface area contributed by atoms with E-state index in [2.05, 4.69) is 44.2 Å². The van der Waals surface area contributed by atoms with Crippen LogP contribution in [0.2, 0.25) is 0 Å². The minimum atomic E-state index is 0.935. The van der Waals surface area contributed by atoms with Gasteiger partial charge in [0.05, 0.1) is 7.11 Å². The van der Waals surface area contributed by atoms with Gasteiger partial charge in [-0.3, -0.25) is 0 Å². The van der Waals surface area contributed by atoms with Gasteiger partial charge in [0, 0.05) is 0 Å². The molecule has 19 heavy (non-hydrogen) atoms. The van der Waals surface area contributed by atoms with Gasteiger partial charge in [-0.25, -0.2) is 0 Å². The molecule has 0 saturated carbocycles. The third-order valence-corrected chi connectivity index (χ3v) is 3.46. The topological polar surface area (TPSA) is 9.23 Å². The van der Waals surface area contributed by atoms with Gasteiger partial charge >= 0.3 is 0 Å². The summed E-state index contributed by atoms with van der Waals surface area (Å²) in [6.07, 6.45) is 11.3. The summed E-state index contributed by atoms with van der Waals surface area (Å²) in [7, 11) is 1.72. The van der Waals surface area contributed by atoms with Crippen molar-refractivity contribution in [2.24, 2.45) is 0 Å². The monoisotopic (exact) mass is 260 g/mol. The van der Waals surface area contributed by atoms with Crippen molar-refractivity contribution in [1.29, 1.82) is 0 Å². The van der Waals surface area contributed by atoms with E-state index in [0.717, 1.165) is 5.75 Å². The number of unbranched alkanes of at least 4 members (excludes halogenated alkanes) is 4. The molecule has 1 heteroatoms. The van der Waals surface area contributed by atoms with E-state index in [1.807, 2.05) is 0 Å². The molecular weight excluding hydrogens is 232 g/mol. The summed E-state index contributed by atoms with van der Waals surface area (Å²) in [6, 6.07) is 8.48. The predicted octanol–water partition coefficient (Wildman–Crippen LogP) is 5.85. The van der Waals surface area contributed by atoms with E-state index in [9.17, 15) is 0 Å². The predicted molar refractivity (Wildman–Crippen MR) is 84.6 cm³/mol. The molecule has 0 saturated heterocycles. The molecule has 0 aliphatic heterocycles. The van der Waals surface area contributed by atoms with E-state index in [4.69, 9.17) is 4.74 Å². The molecule has 0 unspecified atom stereocenters. The summed E-state index contributed by atoms with van der Waals surface area (Å²) >= 11 is 0. The first-order valence-electron chi connectivity index (χ1n) is 7.65. The third kappa shape index (κ3) is 5.96. The van der Waals surface area contributed by atoms with E-state index >= 15 is 0 Å². The van der Waals surface area contributed by atoms with Crippen LogP contribution < -0.4 is 4.74 Å². The molecule has 0 aliphatic rings. The van der Waals surface area contributed by atoms with Crippen LogP contribution in [0.1, 0.15) is 64.4 Å². The Labute approximate surface area is 118 Å². The Morgan fingerprint density at radius 2 is 1.68 bits per heavy atom. The van der Waals surface area contributed by atoms with Crippen LogP contribution in [0.3, 0.4) is 0 Å². The molecule has 1 aromatic carbocycles. The number of hydrogen-bond acceptors (Lipinski definition) is 1. The van der Waals surface area contributed by atoms with Gasteiger partial charge in [0.25, 0.3) is 0 Å². The van der Waals surface area contributed by atoms with Gasteiger partial charge in [0.1, 0.15) is 5.75 Å². The molecule has 1 nitrogen and oxygen atoms in total. The number of hydrogen-bond donors (Lipinski definition) is 0. The molecule has 0 radical (unpaired) electrons. The van der Waals surface area contributed by atoms with E-state index < -0.39 is 0 Å². The van der Waals surface area contributed by atoms with Crippen molar-refractivity contribution in [3.8, 4) is 5.75 Å². The molecule has 1 rings (SSSR count). The van der Waals surface area contributed by atoms with Crippen molar-refractivity contribution in [3.63, 3.8) is 0 Å². The second kappa shape index (κ2) is 9.66. The first-order valence-corrected chi connectivity index (χ1v) is 7.65. The molecule has 0 amide bonds.